The number of amides is 2. The summed E-state index contributed by atoms with van der Waals surface area (Å²) in [5.41, 5.74) is -4.42. The first kappa shape index (κ1) is 23.8. The maximum Gasteiger partial charge on any atom is 0.425 e. The average Bonchev–Trinajstić information content (AvgIpc) is 3.43. The summed E-state index contributed by atoms with van der Waals surface area (Å²) in [6.07, 6.45) is 0.346. The number of furan rings is 1. The summed E-state index contributed by atoms with van der Waals surface area (Å²) in [4.78, 5) is 40.8. The fraction of sp³-hybridized carbons (Fsp3) is 0.400. The van der Waals surface area contributed by atoms with E-state index >= 15 is 0 Å². The SMILES string of the molecule is CC1=C(C(=O)c2ccccc2)C(NC(=O)c2ccco2)(C(F)(F)F)C(=O)N1CC1CCCCC1. The van der Waals surface area contributed by atoms with Crippen LogP contribution in [-0.4, -0.2) is 40.8 Å². The first-order chi connectivity index (χ1) is 16.2. The van der Waals surface area contributed by atoms with E-state index in [0.717, 1.165) is 43.3 Å². The number of carbonyl (C=O) groups is 3. The van der Waals surface area contributed by atoms with E-state index in [0.29, 0.717) is 0 Å². The monoisotopic (exact) mass is 474 g/mol. The Bertz CT molecular complexity index is 1100. The molecule has 0 bridgehead atoms. The van der Waals surface area contributed by atoms with Gasteiger partial charge in [-0.15, -0.1) is 0 Å². The van der Waals surface area contributed by atoms with E-state index in [2.05, 4.69) is 0 Å². The van der Waals surface area contributed by atoms with Crippen LogP contribution in [0.3, 0.4) is 0 Å². The van der Waals surface area contributed by atoms with Crippen LogP contribution in [0.2, 0.25) is 0 Å². The quantitative estimate of drug-likeness (QED) is 0.605. The van der Waals surface area contributed by atoms with Gasteiger partial charge in [-0.2, -0.15) is 13.2 Å². The molecule has 2 heterocycles. The normalized spacial score (nSPS) is 21.8. The Morgan fingerprint density at radius 2 is 1.76 bits per heavy atom. The van der Waals surface area contributed by atoms with Crippen LogP contribution in [0, 0.1) is 5.92 Å². The minimum absolute atomic E-state index is 0.00922. The number of Topliss-reactive ketones (excluding diaryl/α,β-unsaturated/α-hetero) is 1. The Hall–Kier alpha value is -3.36. The molecule has 1 fully saturated rings. The maximum absolute atomic E-state index is 14.8. The summed E-state index contributed by atoms with van der Waals surface area (Å²) in [5, 5.41) is 1.86. The van der Waals surface area contributed by atoms with Crippen LogP contribution in [0.15, 0.2) is 64.4 Å². The number of allylic oxidation sites excluding steroid dienone is 1. The molecule has 1 atom stereocenters. The van der Waals surface area contributed by atoms with Gasteiger partial charge >= 0.3 is 6.18 Å². The maximum atomic E-state index is 14.8. The van der Waals surface area contributed by atoms with Crippen molar-refractivity contribution in [2.45, 2.75) is 50.7 Å². The predicted octanol–water partition coefficient (Wildman–Crippen LogP) is 4.89. The molecule has 1 aromatic carbocycles. The standard InChI is InChI=1S/C25H25F3N2O4/c1-16-20(21(31)18-11-6-3-7-12-18)24(25(26,27)28,29-22(32)19-13-8-14-34-19)23(33)30(16)15-17-9-4-2-5-10-17/h3,6-8,11-14,17H,2,4-5,9-10,15H2,1H3,(H,29,32). The molecule has 1 aromatic heterocycles. The molecular weight excluding hydrogens is 449 g/mol. The average molecular weight is 474 g/mol. The molecule has 1 aliphatic heterocycles. The second kappa shape index (κ2) is 9.12. The zero-order chi connectivity index (χ0) is 24.5. The molecule has 2 aromatic rings. The zero-order valence-corrected chi connectivity index (χ0v) is 18.7. The summed E-state index contributed by atoms with van der Waals surface area (Å²) in [5.74, 6) is -3.95. The van der Waals surface area contributed by atoms with Gasteiger partial charge in [0.15, 0.2) is 11.5 Å². The van der Waals surface area contributed by atoms with E-state index in [1.165, 1.54) is 43.3 Å². The lowest BCUT2D eigenvalue weighted by Gasteiger charge is -2.34. The first-order valence-electron chi connectivity index (χ1n) is 11.2. The molecule has 6 nitrogen and oxygen atoms in total. The van der Waals surface area contributed by atoms with Crippen molar-refractivity contribution in [3.05, 3.63) is 71.3 Å². The van der Waals surface area contributed by atoms with Crippen molar-refractivity contribution < 1.29 is 32.0 Å². The highest BCUT2D eigenvalue weighted by Crippen LogP contribution is 2.46. The van der Waals surface area contributed by atoms with Crippen molar-refractivity contribution in [1.82, 2.24) is 10.2 Å². The number of nitrogens with zero attached hydrogens (tertiary/aromatic N) is 1. The van der Waals surface area contributed by atoms with E-state index in [-0.39, 0.29) is 23.7 Å². The number of alkyl halides is 3. The van der Waals surface area contributed by atoms with Gasteiger partial charge in [0.2, 0.25) is 5.54 Å². The van der Waals surface area contributed by atoms with Gasteiger partial charge < -0.3 is 14.6 Å². The first-order valence-corrected chi connectivity index (χ1v) is 11.2. The van der Waals surface area contributed by atoms with E-state index < -0.39 is 40.6 Å². The summed E-state index contributed by atoms with van der Waals surface area (Å²) in [7, 11) is 0. The molecule has 1 saturated carbocycles. The Kier molecular flexibility index (Phi) is 6.38. The predicted molar refractivity (Wildman–Crippen MR) is 117 cm³/mol. The fourth-order valence-corrected chi connectivity index (χ4v) is 4.87. The Morgan fingerprint density at radius 1 is 1.09 bits per heavy atom. The zero-order valence-electron chi connectivity index (χ0n) is 18.7. The van der Waals surface area contributed by atoms with Gasteiger partial charge in [-0.3, -0.25) is 14.4 Å². The van der Waals surface area contributed by atoms with E-state index in [1.54, 1.807) is 6.07 Å². The van der Waals surface area contributed by atoms with Gasteiger partial charge in [-0.05, 0) is 37.8 Å². The van der Waals surface area contributed by atoms with E-state index in [4.69, 9.17) is 4.42 Å². The molecule has 180 valence electrons. The Morgan fingerprint density at radius 3 is 2.35 bits per heavy atom. The fourth-order valence-electron chi connectivity index (χ4n) is 4.87. The van der Waals surface area contributed by atoms with Crippen molar-refractivity contribution >= 4 is 17.6 Å². The molecule has 0 spiro atoms. The van der Waals surface area contributed by atoms with Gasteiger partial charge in [0, 0.05) is 17.8 Å². The third-order valence-electron chi connectivity index (χ3n) is 6.61. The minimum Gasteiger partial charge on any atom is -0.459 e. The van der Waals surface area contributed by atoms with Crippen LogP contribution < -0.4 is 5.32 Å². The number of halogens is 3. The number of ketones is 1. The summed E-state index contributed by atoms with van der Waals surface area (Å²) in [6, 6.07) is 9.97. The van der Waals surface area contributed by atoms with Crippen LogP contribution in [0.4, 0.5) is 13.2 Å². The van der Waals surface area contributed by atoms with Crippen molar-refractivity contribution in [3.63, 3.8) is 0 Å². The molecule has 2 aliphatic rings. The van der Waals surface area contributed by atoms with Crippen LogP contribution in [-0.2, 0) is 4.79 Å². The Balaban J connectivity index is 1.84. The van der Waals surface area contributed by atoms with E-state index in [1.807, 2.05) is 5.32 Å². The largest absolute Gasteiger partial charge is 0.459 e. The molecule has 4 rings (SSSR count). The van der Waals surface area contributed by atoms with Gasteiger partial charge in [0.1, 0.15) is 0 Å². The number of benzene rings is 1. The smallest absolute Gasteiger partial charge is 0.425 e. The van der Waals surface area contributed by atoms with Crippen molar-refractivity contribution in [1.29, 1.82) is 0 Å². The van der Waals surface area contributed by atoms with Crippen LogP contribution in [0.5, 0.6) is 0 Å². The summed E-state index contributed by atoms with van der Waals surface area (Å²) < 4.78 is 49.5. The second-order valence-corrected chi connectivity index (χ2v) is 8.75. The second-order valence-electron chi connectivity index (χ2n) is 8.75. The third kappa shape index (κ3) is 4.03. The molecule has 9 heteroatoms. The molecule has 1 aliphatic carbocycles. The number of hydrogen-bond acceptors (Lipinski definition) is 4. The minimum atomic E-state index is -5.28. The molecule has 0 radical (unpaired) electrons. The molecular formula is C25H25F3N2O4. The van der Waals surface area contributed by atoms with Gasteiger partial charge in [0.25, 0.3) is 11.8 Å². The lowest BCUT2D eigenvalue weighted by atomic mass is 9.84. The summed E-state index contributed by atoms with van der Waals surface area (Å²) >= 11 is 0. The number of nitrogens with one attached hydrogen (secondary N) is 1. The lowest BCUT2D eigenvalue weighted by Crippen LogP contribution is -2.66. The highest BCUT2D eigenvalue weighted by atomic mass is 19.4. The van der Waals surface area contributed by atoms with Crippen molar-refractivity contribution in [2.24, 2.45) is 5.92 Å². The number of carbonyl (C=O) groups excluding carboxylic acids is 3. The lowest BCUT2D eigenvalue weighted by molar-refractivity contribution is -0.189. The third-order valence-corrected chi connectivity index (χ3v) is 6.61. The topological polar surface area (TPSA) is 79.6 Å². The highest BCUT2D eigenvalue weighted by Gasteiger charge is 2.70. The Labute approximate surface area is 194 Å². The van der Waals surface area contributed by atoms with Gasteiger partial charge in [-0.1, -0.05) is 49.6 Å². The van der Waals surface area contributed by atoms with Gasteiger partial charge in [0.05, 0.1) is 11.8 Å². The molecule has 1 unspecified atom stereocenters. The van der Waals surface area contributed by atoms with Crippen molar-refractivity contribution in [2.75, 3.05) is 6.54 Å². The van der Waals surface area contributed by atoms with Crippen LogP contribution >= 0.6 is 0 Å². The molecule has 1 N–H and O–H groups in total. The van der Waals surface area contributed by atoms with Crippen molar-refractivity contribution in [3.8, 4) is 0 Å². The number of hydrogen-bond donors (Lipinski definition) is 1. The molecule has 34 heavy (non-hydrogen) atoms. The molecule has 0 saturated heterocycles. The summed E-state index contributed by atoms with van der Waals surface area (Å²) in [6.45, 7) is 1.40. The van der Waals surface area contributed by atoms with Gasteiger partial charge in [-0.25, -0.2) is 0 Å². The highest BCUT2D eigenvalue weighted by molar-refractivity contribution is 6.19. The van der Waals surface area contributed by atoms with E-state index in [9.17, 15) is 27.6 Å². The van der Waals surface area contributed by atoms with Crippen LogP contribution in [0.1, 0.15) is 59.9 Å². The molecule has 2 amide bonds. The number of rotatable bonds is 6. The van der Waals surface area contributed by atoms with Crippen LogP contribution in [0.25, 0.3) is 0 Å².